The van der Waals surface area contributed by atoms with Gasteiger partial charge < -0.3 is 20.1 Å². The summed E-state index contributed by atoms with van der Waals surface area (Å²) in [4.78, 5) is 33.2. The summed E-state index contributed by atoms with van der Waals surface area (Å²) in [6.45, 7) is 1.19. The number of methoxy groups -OCH3 is 2. The van der Waals surface area contributed by atoms with Gasteiger partial charge in [0.15, 0.2) is 0 Å². The van der Waals surface area contributed by atoms with Crippen molar-refractivity contribution in [1.82, 2.24) is 10.6 Å². The minimum Gasteiger partial charge on any atom is -0.469 e. The van der Waals surface area contributed by atoms with Crippen molar-refractivity contribution in [3.63, 3.8) is 0 Å². The summed E-state index contributed by atoms with van der Waals surface area (Å²) in [6.07, 6.45) is 5.83. The third-order valence-electron chi connectivity index (χ3n) is 3.14. The Kier molecular flexibility index (Phi) is 13.0. The molecular weight excluding hydrogens is 288 g/mol. The van der Waals surface area contributed by atoms with Gasteiger partial charge in [-0.2, -0.15) is 0 Å². The van der Waals surface area contributed by atoms with Crippen molar-refractivity contribution in [3.05, 3.63) is 0 Å². The lowest BCUT2D eigenvalue weighted by Crippen LogP contribution is -2.36. The molecule has 0 heterocycles. The first-order valence-corrected chi connectivity index (χ1v) is 7.75. The van der Waals surface area contributed by atoms with Crippen molar-refractivity contribution >= 4 is 18.0 Å². The monoisotopic (exact) mass is 316 g/mol. The lowest BCUT2D eigenvalue weighted by molar-refractivity contribution is -0.141. The van der Waals surface area contributed by atoms with Crippen LogP contribution in [0.15, 0.2) is 0 Å². The van der Waals surface area contributed by atoms with Gasteiger partial charge in [0, 0.05) is 25.9 Å². The second kappa shape index (κ2) is 14.2. The number of urea groups is 1. The molecule has 0 radical (unpaired) electrons. The van der Waals surface area contributed by atoms with E-state index < -0.39 is 0 Å². The van der Waals surface area contributed by atoms with Crippen molar-refractivity contribution < 1.29 is 23.9 Å². The highest BCUT2D eigenvalue weighted by Crippen LogP contribution is 2.01. The fraction of sp³-hybridized carbons (Fsp3) is 0.800. The van der Waals surface area contributed by atoms with Gasteiger partial charge in [0.25, 0.3) is 0 Å². The van der Waals surface area contributed by atoms with E-state index in [1.165, 1.54) is 14.2 Å². The highest BCUT2D eigenvalue weighted by Gasteiger charge is 2.02. The smallest absolute Gasteiger partial charge is 0.314 e. The first-order valence-electron chi connectivity index (χ1n) is 7.75. The second-order valence-corrected chi connectivity index (χ2v) is 4.96. The fourth-order valence-electron chi connectivity index (χ4n) is 1.81. The molecule has 0 rings (SSSR count). The van der Waals surface area contributed by atoms with Gasteiger partial charge in [-0.3, -0.25) is 9.59 Å². The van der Waals surface area contributed by atoms with Gasteiger partial charge >= 0.3 is 18.0 Å². The van der Waals surface area contributed by atoms with Gasteiger partial charge in [0.1, 0.15) is 0 Å². The van der Waals surface area contributed by atoms with E-state index in [9.17, 15) is 14.4 Å². The number of esters is 2. The zero-order chi connectivity index (χ0) is 16.6. The lowest BCUT2D eigenvalue weighted by atomic mass is 10.2. The maximum Gasteiger partial charge on any atom is 0.314 e. The van der Waals surface area contributed by atoms with Crippen LogP contribution in [0.5, 0.6) is 0 Å². The topological polar surface area (TPSA) is 93.7 Å². The molecule has 0 spiro atoms. The predicted molar refractivity (Wildman–Crippen MR) is 82.4 cm³/mol. The summed E-state index contributed by atoms with van der Waals surface area (Å²) in [5.41, 5.74) is 0. The predicted octanol–water partition coefficient (Wildman–Crippen LogP) is 1.75. The molecule has 22 heavy (non-hydrogen) atoms. The number of unbranched alkanes of at least 4 members (excludes halogenated alkanes) is 4. The van der Waals surface area contributed by atoms with E-state index in [1.54, 1.807) is 0 Å². The molecule has 0 fully saturated rings. The largest absolute Gasteiger partial charge is 0.469 e. The molecule has 0 aliphatic heterocycles. The summed E-state index contributed by atoms with van der Waals surface area (Å²) in [5.74, 6) is -0.393. The molecule has 0 unspecified atom stereocenters. The molecule has 7 nitrogen and oxygen atoms in total. The molecule has 0 saturated carbocycles. The summed E-state index contributed by atoms with van der Waals surface area (Å²) < 4.78 is 9.08. The number of amides is 2. The molecule has 7 heteroatoms. The van der Waals surface area contributed by atoms with E-state index in [-0.39, 0.29) is 18.0 Å². The van der Waals surface area contributed by atoms with Crippen LogP contribution in [0, 0.1) is 0 Å². The molecule has 0 aliphatic rings. The van der Waals surface area contributed by atoms with Crippen molar-refractivity contribution in [2.24, 2.45) is 0 Å². The first kappa shape index (κ1) is 20.2. The Bertz CT molecular complexity index is 304. The lowest BCUT2D eigenvalue weighted by Gasteiger charge is -2.07. The van der Waals surface area contributed by atoms with Gasteiger partial charge in [-0.05, 0) is 25.7 Å². The minimum absolute atomic E-state index is 0.180. The minimum atomic E-state index is -0.196. The summed E-state index contributed by atoms with van der Waals surface area (Å²) in [6, 6.07) is -0.180. The van der Waals surface area contributed by atoms with E-state index in [2.05, 4.69) is 20.1 Å². The average Bonchev–Trinajstić information content (AvgIpc) is 2.53. The van der Waals surface area contributed by atoms with Crippen LogP contribution in [0.2, 0.25) is 0 Å². The van der Waals surface area contributed by atoms with Crippen LogP contribution >= 0.6 is 0 Å². The quantitative estimate of drug-likeness (QED) is 0.422. The normalized spacial score (nSPS) is 9.91. The van der Waals surface area contributed by atoms with Crippen molar-refractivity contribution in [2.75, 3.05) is 27.3 Å². The van der Waals surface area contributed by atoms with Gasteiger partial charge in [-0.15, -0.1) is 0 Å². The van der Waals surface area contributed by atoms with E-state index >= 15 is 0 Å². The van der Waals surface area contributed by atoms with E-state index in [0.717, 1.165) is 38.5 Å². The van der Waals surface area contributed by atoms with Gasteiger partial charge in [-0.25, -0.2) is 4.79 Å². The number of hydrogen-bond acceptors (Lipinski definition) is 5. The molecule has 128 valence electrons. The number of ether oxygens (including phenoxy) is 2. The van der Waals surface area contributed by atoms with Crippen LogP contribution in [-0.4, -0.2) is 45.3 Å². The molecule has 0 atom stereocenters. The maximum atomic E-state index is 11.4. The van der Waals surface area contributed by atoms with Crippen LogP contribution in [0.3, 0.4) is 0 Å². The zero-order valence-corrected chi connectivity index (χ0v) is 13.6. The Morgan fingerprint density at radius 3 is 1.45 bits per heavy atom. The number of nitrogens with one attached hydrogen (secondary N) is 2. The van der Waals surface area contributed by atoms with E-state index in [0.29, 0.717) is 25.9 Å². The van der Waals surface area contributed by atoms with Crippen LogP contribution < -0.4 is 10.6 Å². The highest BCUT2D eigenvalue weighted by molar-refractivity contribution is 5.73. The van der Waals surface area contributed by atoms with Crippen LogP contribution in [0.4, 0.5) is 4.79 Å². The van der Waals surface area contributed by atoms with Gasteiger partial charge in [0.2, 0.25) is 0 Å². The van der Waals surface area contributed by atoms with Crippen LogP contribution in [-0.2, 0) is 19.1 Å². The number of rotatable bonds is 12. The van der Waals surface area contributed by atoms with Crippen LogP contribution in [0.1, 0.15) is 51.4 Å². The Morgan fingerprint density at radius 2 is 1.09 bits per heavy atom. The van der Waals surface area contributed by atoms with Crippen LogP contribution in [0.25, 0.3) is 0 Å². The first-order chi connectivity index (χ1) is 10.6. The molecule has 0 saturated heterocycles. The molecule has 0 aromatic carbocycles. The van der Waals surface area contributed by atoms with E-state index in [4.69, 9.17) is 0 Å². The number of hydrogen-bond donors (Lipinski definition) is 2. The standard InChI is InChI=1S/C15H28N2O5/c1-21-13(18)9-5-3-7-11-16-15(20)17-12-8-4-6-10-14(19)22-2/h3-12H2,1-2H3,(H2,16,17,20). The molecule has 0 aromatic rings. The molecule has 0 bridgehead atoms. The molecule has 0 aromatic heterocycles. The Balaban J connectivity index is 3.29. The Hall–Kier alpha value is -1.79. The van der Waals surface area contributed by atoms with Crippen molar-refractivity contribution in [3.8, 4) is 0 Å². The molecular formula is C15H28N2O5. The average molecular weight is 316 g/mol. The van der Waals surface area contributed by atoms with Crippen molar-refractivity contribution in [1.29, 1.82) is 0 Å². The van der Waals surface area contributed by atoms with Gasteiger partial charge in [-0.1, -0.05) is 12.8 Å². The zero-order valence-electron chi connectivity index (χ0n) is 13.6. The van der Waals surface area contributed by atoms with E-state index in [1.807, 2.05) is 0 Å². The van der Waals surface area contributed by atoms with Crippen molar-refractivity contribution in [2.45, 2.75) is 51.4 Å². The molecule has 2 amide bonds. The molecule has 2 N–H and O–H groups in total. The highest BCUT2D eigenvalue weighted by atomic mass is 16.5. The maximum absolute atomic E-state index is 11.4. The fourth-order valence-corrected chi connectivity index (χ4v) is 1.81. The third-order valence-corrected chi connectivity index (χ3v) is 3.14. The second-order valence-electron chi connectivity index (χ2n) is 4.96. The number of carbonyl (C=O) groups excluding carboxylic acids is 3. The summed E-state index contributed by atoms with van der Waals surface area (Å²) >= 11 is 0. The summed E-state index contributed by atoms with van der Waals surface area (Å²) in [5, 5.41) is 5.53. The Labute approximate surface area is 132 Å². The third kappa shape index (κ3) is 13.2. The van der Waals surface area contributed by atoms with Gasteiger partial charge in [0.05, 0.1) is 14.2 Å². The summed E-state index contributed by atoms with van der Waals surface area (Å²) in [7, 11) is 2.76. The molecule has 0 aliphatic carbocycles. The SMILES string of the molecule is COC(=O)CCCCCNC(=O)NCCCCCC(=O)OC. The number of carbonyl (C=O) groups is 3. The Morgan fingerprint density at radius 1 is 0.682 bits per heavy atom.